The Kier molecular flexibility index (Phi) is 4.56. The summed E-state index contributed by atoms with van der Waals surface area (Å²) in [4.78, 5) is 28.3. The zero-order valence-corrected chi connectivity index (χ0v) is 23.1. The Labute approximate surface area is 232 Å². The molecule has 2 aromatic heterocycles. The van der Waals surface area contributed by atoms with Gasteiger partial charge in [-0.15, -0.1) is 0 Å². The van der Waals surface area contributed by atoms with E-state index < -0.39 is 5.41 Å². The van der Waals surface area contributed by atoms with Gasteiger partial charge in [0.15, 0.2) is 10.9 Å². The van der Waals surface area contributed by atoms with Crippen molar-refractivity contribution in [3.8, 4) is 0 Å². The number of para-hydroxylation sites is 1. The minimum Gasteiger partial charge on any atom is -0.307 e. The minimum atomic E-state index is -0.674. The Bertz CT molecular complexity index is 2200. The highest BCUT2D eigenvalue weighted by Crippen LogP contribution is 2.60. The summed E-state index contributed by atoms with van der Waals surface area (Å²) in [6.07, 6.45) is 2.36. The lowest BCUT2D eigenvalue weighted by atomic mass is 9.55. The van der Waals surface area contributed by atoms with Crippen LogP contribution in [-0.2, 0) is 5.41 Å². The van der Waals surface area contributed by atoms with Gasteiger partial charge in [0.25, 0.3) is 0 Å². The van der Waals surface area contributed by atoms with E-state index in [1.807, 2.05) is 31.2 Å². The van der Waals surface area contributed by atoms with E-state index in [9.17, 15) is 9.59 Å². The monoisotopic (exact) mass is 519 g/mol. The zero-order chi connectivity index (χ0) is 27.5. The van der Waals surface area contributed by atoms with E-state index >= 15 is 0 Å². The lowest BCUT2D eigenvalue weighted by Crippen LogP contribution is -2.42. The smallest absolute Gasteiger partial charge is 0.197 e. The van der Waals surface area contributed by atoms with Crippen molar-refractivity contribution in [3.05, 3.63) is 151 Å². The summed E-state index contributed by atoms with van der Waals surface area (Å²) in [5.41, 5.74) is 9.83. The van der Waals surface area contributed by atoms with Crippen molar-refractivity contribution < 1.29 is 0 Å². The van der Waals surface area contributed by atoms with Crippen LogP contribution < -0.4 is 10.9 Å². The van der Waals surface area contributed by atoms with Crippen molar-refractivity contribution >= 4 is 32.8 Å². The maximum absolute atomic E-state index is 14.2. The summed E-state index contributed by atoms with van der Waals surface area (Å²) < 4.78 is 2.27. The van der Waals surface area contributed by atoms with Gasteiger partial charge in [0.1, 0.15) is 0 Å². The molecule has 2 atom stereocenters. The van der Waals surface area contributed by atoms with Gasteiger partial charge < -0.3 is 4.40 Å². The normalized spacial score (nSPS) is 20.3. The number of pyridine rings is 2. The summed E-state index contributed by atoms with van der Waals surface area (Å²) in [5.74, 6) is 0.382. The Morgan fingerprint density at radius 1 is 0.750 bits per heavy atom. The molecule has 0 N–H and O–H groups in total. The van der Waals surface area contributed by atoms with Gasteiger partial charge in [0.2, 0.25) is 0 Å². The SMILES string of the molecule is Cc1c2n3c4c5c(ccc4c(=O)c4cccc(c1=O)c43)C(C)c1ccccc1C5(c1ccccc1)/C2=C/C(C)C. The Morgan fingerprint density at radius 2 is 1.43 bits per heavy atom. The van der Waals surface area contributed by atoms with Crippen molar-refractivity contribution in [2.75, 3.05) is 0 Å². The van der Waals surface area contributed by atoms with Gasteiger partial charge in [-0.2, -0.15) is 0 Å². The summed E-state index contributed by atoms with van der Waals surface area (Å²) in [5, 5.41) is 1.91. The lowest BCUT2D eigenvalue weighted by Gasteiger charge is -2.49. The molecule has 2 unspecified atom stereocenters. The number of hydrogen-bond donors (Lipinski definition) is 0. The van der Waals surface area contributed by atoms with Crippen LogP contribution in [0, 0.1) is 12.8 Å². The maximum atomic E-state index is 14.2. The highest BCUT2D eigenvalue weighted by Gasteiger charge is 2.52. The number of aromatic nitrogens is 1. The molecule has 0 radical (unpaired) electrons. The largest absolute Gasteiger partial charge is 0.307 e. The first-order chi connectivity index (χ1) is 19.4. The molecule has 40 heavy (non-hydrogen) atoms. The van der Waals surface area contributed by atoms with Gasteiger partial charge in [0, 0.05) is 33.2 Å². The average molecular weight is 520 g/mol. The Hall–Kier alpha value is -4.50. The van der Waals surface area contributed by atoms with E-state index in [-0.39, 0.29) is 22.7 Å². The fourth-order valence-electron chi connectivity index (χ4n) is 7.86. The van der Waals surface area contributed by atoms with Gasteiger partial charge in [-0.05, 0) is 58.9 Å². The van der Waals surface area contributed by atoms with Crippen molar-refractivity contribution in [2.24, 2.45) is 5.92 Å². The lowest BCUT2D eigenvalue weighted by molar-refractivity contribution is 0.688. The summed E-state index contributed by atoms with van der Waals surface area (Å²) in [6.45, 7) is 8.64. The molecule has 0 saturated heterocycles. The van der Waals surface area contributed by atoms with Crippen molar-refractivity contribution in [2.45, 2.75) is 39.0 Å². The first kappa shape index (κ1) is 23.4. The molecule has 3 heteroatoms. The number of nitrogens with zero attached hydrogens (tertiary/aromatic N) is 1. The molecule has 194 valence electrons. The molecule has 0 fully saturated rings. The standard InChI is InChI=1S/C37H29NO2/c1-20(2)19-30-32-22(4)35(39)26-14-10-15-27-33(26)38(32)34-28(36(27)40)18-17-25-21(3)24-13-8-9-16-29(24)37(30,31(25)34)23-11-6-5-7-12-23/h5-21H,1-4H3/b30-19+. The topological polar surface area (TPSA) is 38.5 Å². The van der Waals surface area contributed by atoms with E-state index in [4.69, 9.17) is 0 Å². The molecular formula is C37H29NO2. The predicted octanol–water partition coefficient (Wildman–Crippen LogP) is 7.56. The molecule has 0 spiro atoms. The highest BCUT2D eigenvalue weighted by molar-refractivity contribution is 6.09. The van der Waals surface area contributed by atoms with Gasteiger partial charge in [-0.3, -0.25) is 9.59 Å². The van der Waals surface area contributed by atoms with Crippen LogP contribution in [0.25, 0.3) is 32.8 Å². The third kappa shape index (κ3) is 2.56. The number of fused-ring (bicyclic) bond motifs is 2. The van der Waals surface area contributed by atoms with Gasteiger partial charge >= 0.3 is 0 Å². The van der Waals surface area contributed by atoms with Crippen LogP contribution in [-0.4, -0.2) is 4.40 Å². The summed E-state index contributed by atoms with van der Waals surface area (Å²) in [7, 11) is 0. The molecule has 2 aliphatic rings. The van der Waals surface area contributed by atoms with Crippen molar-refractivity contribution in [1.82, 2.24) is 4.40 Å². The number of hydrogen-bond acceptors (Lipinski definition) is 2. The van der Waals surface area contributed by atoms with Crippen molar-refractivity contribution in [1.29, 1.82) is 0 Å². The van der Waals surface area contributed by atoms with Gasteiger partial charge in [-0.1, -0.05) is 93.6 Å². The number of allylic oxidation sites excluding steroid dienone is 2. The summed E-state index contributed by atoms with van der Waals surface area (Å²) in [6, 6.07) is 29.2. The molecule has 3 heterocycles. The van der Waals surface area contributed by atoms with Crippen LogP contribution in [0.15, 0.2) is 101 Å². The second kappa shape index (κ2) is 7.79. The van der Waals surface area contributed by atoms with Crippen molar-refractivity contribution in [3.63, 3.8) is 0 Å². The molecule has 3 nitrogen and oxygen atoms in total. The molecule has 4 aromatic carbocycles. The van der Waals surface area contributed by atoms with Crippen LogP contribution >= 0.6 is 0 Å². The van der Waals surface area contributed by atoms with Crippen LogP contribution in [0.1, 0.15) is 65.8 Å². The maximum Gasteiger partial charge on any atom is 0.197 e. The van der Waals surface area contributed by atoms with E-state index in [0.717, 1.165) is 33.4 Å². The van der Waals surface area contributed by atoms with Gasteiger partial charge in [0.05, 0.1) is 22.1 Å². The minimum absolute atomic E-state index is 0.00529. The molecule has 1 aliphatic heterocycles. The fourth-order valence-corrected chi connectivity index (χ4v) is 7.86. The third-order valence-electron chi connectivity index (χ3n) is 9.39. The summed E-state index contributed by atoms with van der Waals surface area (Å²) >= 11 is 0. The van der Waals surface area contributed by atoms with Crippen LogP contribution in [0.4, 0.5) is 0 Å². The number of benzene rings is 4. The Morgan fingerprint density at radius 3 is 2.17 bits per heavy atom. The molecule has 1 aliphatic carbocycles. The fraction of sp³-hybridized carbons (Fsp3) is 0.189. The molecule has 0 bridgehead atoms. The molecule has 0 amide bonds. The molecular weight excluding hydrogens is 490 g/mol. The highest BCUT2D eigenvalue weighted by atomic mass is 16.1. The van der Waals surface area contributed by atoms with E-state index in [2.05, 4.69) is 91.9 Å². The average Bonchev–Trinajstić information content (AvgIpc) is 2.97. The molecule has 8 rings (SSSR count). The van der Waals surface area contributed by atoms with Crippen LogP contribution in [0.3, 0.4) is 0 Å². The van der Waals surface area contributed by atoms with Crippen LogP contribution in [0.5, 0.6) is 0 Å². The van der Waals surface area contributed by atoms with E-state index in [1.54, 1.807) is 0 Å². The third-order valence-corrected chi connectivity index (χ3v) is 9.39. The van der Waals surface area contributed by atoms with Gasteiger partial charge in [-0.25, -0.2) is 0 Å². The Balaban J connectivity index is 1.80. The van der Waals surface area contributed by atoms with Crippen LogP contribution in [0.2, 0.25) is 0 Å². The predicted molar refractivity (Wildman–Crippen MR) is 164 cm³/mol. The first-order valence-corrected chi connectivity index (χ1v) is 14.2. The zero-order valence-electron chi connectivity index (χ0n) is 23.1. The second-order valence-corrected chi connectivity index (χ2v) is 11.8. The number of rotatable bonds is 2. The van der Waals surface area contributed by atoms with E-state index in [1.165, 1.54) is 22.3 Å². The molecule has 0 saturated carbocycles. The first-order valence-electron chi connectivity index (χ1n) is 14.2. The van der Waals surface area contributed by atoms with E-state index in [0.29, 0.717) is 16.2 Å². The molecule has 6 aromatic rings. The quantitative estimate of drug-likeness (QED) is 0.175. The second-order valence-electron chi connectivity index (χ2n) is 11.8.